The van der Waals surface area contributed by atoms with Gasteiger partial charge in [0, 0.05) is 19.1 Å². The van der Waals surface area contributed by atoms with Crippen LogP contribution in [0.4, 0.5) is 4.79 Å². The van der Waals surface area contributed by atoms with Gasteiger partial charge in [-0.25, -0.2) is 4.79 Å². The van der Waals surface area contributed by atoms with Crippen LogP contribution in [0.2, 0.25) is 0 Å². The van der Waals surface area contributed by atoms with E-state index in [9.17, 15) is 4.79 Å². The fourth-order valence-electron chi connectivity index (χ4n) is 3.26. The first-order chi connectivity index (χ1) is 11.9. The molecule has 0 aromatic heterocycles. The van der Waals surface area contributed by atoms with Crippen LogP contribution in [0, 0.1) is 5.92 Å². The fraction of sp³-hybridized carbons (Fsp3) is 0.650. The maximum atomic E-state index is 12.6. The number of urea groups is 1. The molecule has 2 amide bonds. The number of carbonyl (C=O) groups is 1. The van der Waals surface area contributed by atoms with E-state index < -0.39 is 0 Å². The highest BCUT2D eigenvalue weighted by Crippen LogP contribution is 2.33. The summed E-state index contributed by atoms with van der Waals surface area (Å²) >= 11 is 0. The summed E-state index contributed by atoms with van der Waals surface area (Å²) < 4.78 is 10.7. The third kappa shape index (κ3) is 5.28. The molecule has 25 heavy (non-hydrogen) atoms. The van der Waals surface area contributed by atoms with Crippen LogP contribution >= 0.6 is 0 Å². The minimum atomic E-state index is 0.0254. The molecular weight excluding hydrogens is 316 g/mol. The fourth-order valence-corrected chi connectivity index (χ4v) is 3.26. The summed E-state index contributed by atoms with van der Waals surface area (Å²) in [6.07, 6.45) is 4.22. The average Bonchev–Trinajstić information content (AvgIpc) is 2.59. The van der Waals surface area contributed by atoms with Crippen LogP contribution in [0.25, 0.3) is 0 Å². The largest absolute Gasteiger partial charge is 0.493 e. The van der Waals surface area contributed by atoms with Gasteiger partial charge in [-0.15, -0.1) is 0 Å². The zero-order chi connectivity index (χ0) is 18.4. The van der Waals surface area contributed by atoms with Crippen molar-refractivity contribution in [2.75, 3.05) is 20.8 Å². The number of hydrogen-bond donors (Lipinski definition) is 1. The van der Waals surface area contributed by atoms with E-state index in [1.807, 2.05) is 17.0 Å². The van der Waals surface area contributed by atoms with Crippen LogP contribution in [0.1, 0.15) is 51.2 Å². The van der Waals surface area contributed by atoms with Crippen molar-refractivity contribution >= 4 is 6.03 Å². The minimum Gasteiger partial charge on any atom is -0.493 e. The van der Waals surface area contributed by atoms with E-state index in [0.29, 0.717) is 18.2 Å². The smallest absolute Gasteiger partial charge is 0.317 e. The molecule has 0 saturated heterocycles. The summed E-state index contributed by atoms with van der Waals surface area (Å²) in [7, 11) is 3.28. The van der Waals surface area contributed by atoms with Crippen LogP contribution in [0.3, 0.4) is 0 Å². The number of nitrogens with zero attached hydrogens (tertiary/aromatic N) is 1. The molecule has 5 heteroatoms. The predicted octanol–water partition coefficient (Wildman–Crippen LogP) is 3.99. The Balaban J connectivity index is 1.94. The number of methoxy groups -OCH3 is 2. The van der Waals surface area contributed by atoms with Gasteiger partial charge in [-0.3, -0.25) is 0 Å². The maximum Gasteiger partial charge on any atom is 0.317 e. The van der Waals surface area contributed by atoms with Crippen LogP contribution in [-0.4, -0.2) is 37.7 Å². The van der Waals surface area contributed by atoms with Crippen LogP contribution in [0.5, 0.6) is 11.5 Å². The maximum absolute atomic E-state index is 12.6. The van der Waals surface area contributed by atoms with E-state index in [2.05, 4.69) is 26.1 Å². The van der Waals surface area contributed by atoms with Crippen molar-refractivity contribution in [2.24, 2.45) is 5.92 Å². The van der Waals surface area contributed by atoms with Gasteiger partial charge < -0.3 is 19.7 Å². The Morgan fingerprint density at radius 2 is 1.76 bits per heavy atom. The highest BCUT2D eigenvalue weighted by molar-refractivity contribution is 5.75. The zero-order valence-electron chi connectivity index (χ0n) is 16.2. The molecule has 1 aliphatic heterocycles. The second kappa shape index (κ2) is 8.97. The van der Waals surface area contributed by atoms with Crippen molar-refractivity contribution < 1.29 is 14.3 Å². The molecule has 0 spiro atoms. The molecule has 1 N–H and O–H groups in total. The highest BCUT2D eigenvalue weighted by atomic mass is 16.5. The van der Waals surface area contributed by atoms with Crippen LogP contribution in [0.15, 0.2) is 12.1 Å². The molecule has 140 valence electrons. The molecule has 1 aromatic carbocycles. The van der Waals surface area contributed by atoms with E-state index >= 15 is 0 Å². The zero-order valence-corrected chi connectivity index (χ0v) is 16.2. The lowest BCUT2D eigenvalue weighted by Crippen LogP contribution is -2.45. The van der Waals surface area contributed by atoms with Crippen molar-refractivity contribution in [2.45, 2.75) is 59.0 Å². The van der Waals surface area contributed by atoms with Gasteiger partial charge in [0.25, 0.3) is 0 Å². The van der Waals surface area contributed by atoms with Gasteiger partial charge in [-0.05, 0) is 48.9 Å². The molecule has 0 aliphatic carbocycles. The van der Waals surface area contributed by atoms with Crippen molar-refractivity contribution in [3.8, 4) is 11.5 Å². The number of carbonyl (C=O) groups excluding carboxylic acids is 1. The van der Waals surface area contributed by atoms with E-state index in [4.69, 9.17) is 9.47 Å². The molecule has 0 bridgehead atoms. The number of hydrogen-bond acceptors (Lipinski definition) is 3. The molecule has 1 aromatic rings. The van der Waals surface area contributed by atoms with Gasteiger partial charge in [-0.2, -0.15) is 0 Å². The minimum absolute atomic E-state index is 0.0254. The summed E-state index contributed by atoms with van der Waals surface area (Å²) in [5.41, 5.74) is 2.36. The topological polar surface area (TPSA) is 50.8 Å². The lowest BCUT2D eigenvalue weighted by molar-refractivity contribution is 0.188. The number of ether oxygens (including phenoxy) is 2. The molecular formula is C20H32N2O3. The quantitative estimate of drug-likeness (QED) is 0.811. The average molecular weight is 348 g/mol. The molecule has 0 fully saturated rings. The van der Waals surface area contributed by atoms with E-state index in [0.717, 1.165) is 37.1 Å². The Morgan fingerprint density at radius 1 is 1.12 bits per heavy atom. The van der Waals surface area contributed by atoms with E-state index in [1.54, 1.807) is 14.2 Å². The molecule has 1 unspecified atom stereocenters. The van der Waals surface area contributed by atoms with Crippen molar-refractivity contribution in [3.05, 3.63) is 23.3 Å². The Labute approximate surface area is 151 Å². The third-order valence-electron chi connectivity index (χ3n) is 4.79. The molecule has 5 nitrogen and oxygen atoms in total. The van der Waals surface area contributed by atoms with Gasteiger partial charge in [0.2, 0.25) is 0 Å². The summed E-state index contributed by atoms with van der Waals surface area (Å²) in [4.78, 5) is 14.4. The van der Waals surface area contributed by atoms with Crippen molar-refractivity contribution in [1.29, 1.82) is 0 Å². The summed E-state index contributed by atoms with van der Waals surface area (Å²) in [5.74, 6) is 2.18. The number of fused-ring (bicyclic) bond motifs is 1. The number of rotatable bonds is 7. The first-order valence-corrected chi connectivity index (χ1v) is 9.23. The number of amides is 2. The second-order valence-corrected chi connectivity index (χ2v) is 7.32. The molecule has 1 aliphatic rings. The third-order valence-corrected chi connectivity index (χ3v) is 4.79. The highest BCUT2D eigenvalue weighted by Gasteiger charge is 2.23. The number of nitrogens with one attached hydrogen (secondary N) is 1. The predicted molar refractivity (Wildman–Crippen MR) is 100 cm³/mol. The van der Waals surface area contributed by atoms with Gasteiger partial charge in [0.05, 0.1) is 14.2 Å². The van der Waals surface area contributed by atoms with Crippen LogP contribution in [-0.2, 0) is 13.0 Å². The monoisotopic (exact) mass is 348 g/mol. The normalized spacial score (nSPS) is 14.9. The van der Waals surface area contributed by atoms with Gasteiger partial charge in [0.15, 0.2) is 11.5 Å². The summed E-state index contributed by atoms with van der Waals surface area (Å²) in [6.45, 7) is 7.90. The molecule has 1 atom stereocenters. The van der Waals surface area contributed by atoms with Crippen molar-refractivity contribution in [1.82, 2.24) is 10.2 Å². The second-order valence-electron chi connectivity index (χ2n) is 7.32. The van der Waals surface area contributed by atoms with E-state index in [1.165, 1.54) is 12.0 Å². The SMILES string of the molecule is COc1cc2c(cc1OC)CN(C(=O)NC(C)CCCC(C)C)CC2. The molecule has 0 radical (unpaired) electrons. The molecule has 0 saturated carbocycles. The summed E-state index contributed by atoms with van der Waals surface area (Å²) in [6, 6.07) is 4.24. The Hall–Kier alpha value is -1.91. The van der Waals surface area contributed by atoms with Gasteiger partial charge in [-0.1, -0.05) is 26.7 Å². The Bertz CT molecular complexity index is 587. The molecule has 2 rings (SSSR count). The van der Waals surface area contributed by atoms with Crippen LogP contribution < -0.4 is 14.8 Å². The Kier molecular flexibility index (Phi) is 6.97. The molecule has 1 heterocycles. The van der Waals surface area contributed by atoms with E-state index in [-0.39, 0.29) is 12.1 Å². The first kappa shape index (κ1) is 19.4. The standard InChI is InChI=1S/C20H32N2O3/c1-14(2)7-6-8-15(3)21-20(23)22-10-9-16-11-18(24-4)19(25-5)12-17(16)13-22/h11-12,14-15H,6-10,13H2,1-5H3,(H,21,23). The lowest BCUT2D eigenvalue weighted by Gasteiger charge is -2.31. The van der Waals surface area contributed by atoms with Crippen molar-refractivity contribution in [3.63, 3.8) is 0 Å². The van der Waals surface area contributed by atoms with Gasteiger partial charge >= 0.3 is 6.03 Å². The Morgan fingerprint density at radius 3 is 2.36 bits per heavy atom. The first-order valence-electron chi connectivity index (χ1n) is 9.23. The van der Waals surface area contributed by atoms with Gasteiger partial charge in [0.1, 0.15) is 0 Å². The number of benzene rings is 1. The summed E-state index contributed by atoms with van der Waals surface area (Å²) in [5, 5.41) is 3.14. The lowest BCUT2D eigenvalue weighted by atomic mass is 9.99.